The fourth-order valence-corrected chi connectivity index (χ4v) is 1.75. The maximum absolute atomic E-state index is 14.1. The molecule has 0 heterocycles. The van der Waals surface area contributed by atoms with Crippen molar-refractivity contribution in [2.24, 2.45) is 0 Å². The van der Waals surface area contributed by atoms with E-state index in [1.54, 1.807) is 36.4 Å². The molecule has 1 N–H and O–H groups in total. The van der Waals surface area contributed by atoms with E-state index in [0.717, 1.165) is 5.56 Å². The smallest absolute Gasteiger partial charge is 0.155 e. The zero-order valence-electron chi connectivity index (χ0n) is 9.68. The highest BCUT2D eigenvalue weighted by molar-refractivity contribution is 5.27. The van der Waals surface area contributed by atoms with Crippen molar-refractivity contribution in [1.82, 2.24) is 0 Å². The first kappa shape index (κ1) is 11.8. The van der Waals surface area contributed by atoms with E-state index in [0.29, 0.717) is 11.1 Å². The highest BCUT2D eigenvalue weighted by Crippen LogP contribution is 2.31. The molecule has 2 atom stereocenters. The molecule has 1 nitrogen and oxygen atoms in total. The molecule has 2 rings (SSSR count). The Morgan fingerprint density at radius 1 is 0.882 bits per heavy atom. The van der Waals surface area contributed by atoms with Gasteiger partial charge in [0.05, 0.1) is 0 Å². The predicted molar refractivity (Wildman–Crippen MR) is 66.4 cm³/mol. The third-order valence-corrected chi connectivity index (χ3v) is 2.81. The van der Waals surface area contributed by atoms with Crippen molar-refractivity contribution in [2.75, 3.05) is 0 Å². The molecule has 0 spiro atoms. The van der Waals surface area contributed by atoms with Crippen molar-refractivity contribution in [3.63, 3.8) is 0 Å². The number of hydrogen-bond acceptors (Lipinski definition) is 1. The molecule has 2 aromatic carbocycles. The second-order valence-corrected chi connectivity index (χ2v) is 4.17. The Balaban J connectivity index is 2.20. The average molecular weight is 230 g/mol. The minimum Gasteiger partial charge on any atom is -0.385 e. The molecule has 0 aromatic heterocycles. The van der Waals surface area contributed by atoms with Gasteiger partial charge in [0.2, 0.25) is 0 Å². The van der Waals surface area contributed by atoms with Gasteiger partial charge in [-0.3, -0.25) is 0 Å². The van der Waals surface area contributed by atoms with E-state index < -0.39 is 12.3 Å². The van der Waals surface area contributed by atoms with Crippen molar-refractivity contribution >= 4 is 0 Å². The van der Waals surface area contributed by atoms with Gasteiger partial charge in [-0.15, -0.1) is 0 Å². The van der Waals surface area contributed by atoms with Crippen LogP contribution in [0.3, 0.4) is 0 Å². The van der Waals surface area contributed by atoms with Gasteiger partial charge in [0, 0.05) is 0 Å². The Labute approximate surface area is 101 Å². The summed E-state index contributed by atoms with van der Waals surface area (Å²) in [6.07, 6.45) is -2.50. The van der Waals surface area contributed by atoms with Gasteiger partial charge in [-0.2, -0.15) is 0 Å². The lowest BCUT2D eigenvalue weighted by Gasteiger charge is -2.16. The molecule has 2 heteroatoms. The third-order valence-electron chi connectivity index (χ3n) is 2.81. The highest BCUT2D eigenvalue weighted by Gasteiger charge is 2.21. The van der Waals surface area contributed by atoms with Crippen LogP contribution in [0.2, 0.25) is 0 Å². The van der Waals surface area contributed by atoms with Crippen LogP contribution in [0.25, 0.3) is 0 Å². The lowest BCUT2D eigenvalue weighted by atomic mass is 9.99. The van der Waals surface area contributed by atoms with Gasteiger partial charge in [0.1, 0.15) is 6.10 Å². The Bertz CT molecular complexity index is 464. The summed E-state index contributed by atoms with van der Waals surface area (Å²) in [5.74, 6) is 0. The second kappa shape index (κ2) is 5.11. The minimum atomic E-state index is -1.39. The standard InChI is InChI=1S/C15H15FO/c1-11-7-9-13(10-8-11)15(17)14(16)12-5-3-2-4-6-12/h2-10,14-15,17H,1H3/t14-,15+/m1/s1. The summed E-state index contributed by atoms with van der Waals surface area (Å²) in [5, 5.41) is 9.96. The molecular formula is C15H15FO. The van der Waals surface area contributed by atoms with Crippen molar-refractivity contribution in [3.8, 4) is 0 Å². The summed E-state index contributed by atoms with van der Waals surface area (Å²) >= 11 is 0. The highest BCUT2D eigenvalue weighted by atomic mass is 19.1. The minimum absolute atomic E-state index is 0.501. The topological polar surface area (TPSA) is 20.2 Å². The van der Waals surface area contributed by atoms with E-state index in [1.807, 2.05) is 25.1 Å². The zero-order chi connectivity index (χ0) is 12.3. The Kier molecular flexibility index (Phi) is 3.55. The van der Waals surface area contributed by atoms with Crippen molar-refractivity contribution in [2.45, 2.75) is 19.2 Å². The van der Waals surface area contributed by atoms with Gasteiger partial charge in [-0.25, -0.2) is 4.39 Å². The number of aliphatic hydroxyl groups excluding tert-OH is 1. The predicted octanol–water partition coefficient (Wildman–Crippen LogP) is 3.74. The monoisotopic (exact) mass is 230 g/mol. The van der Waals surface area contributed by atoms with Crippen LogP contribution in [0.15, 0.2) is 54.6 Å². The number of aryl methyl sites for hydroxylation is 1. The van der Waals surface area contributed by atoms with E-state index in [4.69, 9.17) is 0 Å². The van der Waals surface area contributed by atoms with E-state index >= 15 is 0 Å². The second-order valence-electron chi connectivity index (χ2n) is 4.17. The number of hydrogen-bond donors (Lipinski definition) is 1. The largest absolute Gasteiger partial charge is 0.385 e. The molecule has 0 aliphatic rings. The summed E-state index contributed by atoms with van der Waals surface area (Å²) in [4.78, 5) is 0. The van der Waals surface area contributed by atoms with Gasteiger partial charge >= 0.3 is 0 Å². The van der Waals surface area contributed by atoms with E-state index in [1.165, 1.54) is 0 Å². The number of halogens is 1. The lowest BCUT2D eigenvalue weighted by molar-refractivity contribution is 0.0775. The van der Waals surface area contributed by atoms with Crippen LogP contribution in [-0.4, -0.2) is 5.11 Å². The van der Waals surface area contributed by atoms with E-state index in [9.17, 15) is 9.50 Å². The summed E-state index contributed by atoms with van der Waals surface area (Å²) in [5.41, 5.74) is 2.20. The fraction of sp³-hybridized carbons (Fsp3) is 0.200. The van der Waals surface area contributed by atoms with Gasteiger partial charge in [0.25, 0.3) is 0 Å². The van der Waals surface area contributed by atoms with Crippen LogP contribution in [0.5, 0.6) is 0 Å². The molecule has 88 valence electrons. The van der Waals surface area contributed by atoms with E-state index in [-0.39, 0.29) is 0 Å². The summed E-state index contributed by atoms with van der Waals surface area (Å²) < 4.78 is 14.1. The maximum atomic E-state index is 14.1. The number of alkyl halides is 1. The third kappa shape index (κ3) is 2.71. The van der Waals surface area contributed by atoms with Crippen LogP contribution < -0.4 is 0 Å². The molecule has 0 radical (unpaired) electrons. The fourth-order valence-electron chi connectivity index (χ4n) is 1.75. The van der Waals surface area contributed by atoms with Gasteiger partial charge in [-0.1, -0.05) is 60.2 Å². The van der Waals surface area contributed by atoms with E-state index in [2.05, 4.69) is 0 Å². The maximum Gasteiger partial charge on any atom is 0.155 e. The Morgan fingerprint density at radius 2 is 1.47 bits per heavy atom. The van der Waals surface area contributed by atoms with Crippen LogP contribution in [0, 0.1) is 6.92 Å². The van der Waals surface area contributed by atoms with Gasteiger partial charge in [-0.05, 0) is 18.1 Å². The molecule has 0 saturated heterocycles. The molecule has 0 amide bonds. The van der Waals surface area contributed by atoms with Crippen LogP contribution in [0.4, 0.5) is 4.39 Å². The van der Waals surface area contributed by atoms with Gasteiger partial charge in [0.15, 0.2) is 6.17 Å². The van der Waals surface area contributed by atoms with Crippen LogP contribution >= 0.6 is 0 Å². The zero-order valence-corrected chi connectivity index (χ0v) is 9.68. The molecule has 0 fully saturated rings. The summed E-state index contributed by atoms with van der Waals surface area (Å²) in [6, 6.07) is 16.0. The molecule has 0 bridgehead atoms. The average Bonchev–Trinajstić information content (AvgIpc) is 2.39. The van der Waals surface area contributed by atoms with Crippen molar-refractivity contribution in [1.29, 1.82) is 0 Å². The van der Waals surface area contributed by atoms with Gasteiger partial charge < -0.3 is 5.11 Å². The number of benzene rings is 2. The normalized spacial score (nSPS) is 14.3. The van der Waals surface area contributed by atoms with Crippen LogP contribution in [-0.2, 0) is 0 Å². The summed E-state index contributed by atoms with van der Waals surface area (Å²) in [6.45, 7) is 1.96. The molecule has 0 saturated carbocycles. The lowest BCUT2D eigenvalue weighted by Crippen LogP contribution is -2.06. The summed E-state index contributed by atoms with van der Waals surface area (Å²) in [7, 11) is 0. The molecule has 17 heavy (non-hydrogen) atoms. The number of aliphatic hydroxyl groups is 1. The first-order valence-electron chi connectivity index (χ1n) is 5.62. The number of rotatable bonds is 3. The quantitative estimate of drug-likeness (QED) is 0.851. The van der Waals surface area contributed by atoms with Crippen molar-refractivity contribution in [3.05, 3.63) is 71.3 Å². The first-order chi connectivity index (χ1) is 8.18. The Morgan fingerprint density at radius 3 is 2.06 bits per heavy atom. The van der Waals surface area contributed by atoms with Crippen LogP contribution in [0.1, 0.15) is 29.0 Å². The van der Waals surface area contributed by atoms with Crippen molar-refractivity contribution < 1.29 is 9.50 Å². The molecule has 0 aliphatic carbocycles. The first-order valence-corrected chi connectivity index (χ1v) is 5.62. The molecule has 0 aliphatic heterocycles. The molecular weight excluding hydrogens is 215 g/mol. The Hall–Kier alpha value is -1.67. The molecule has 0 unspecified atom stereocenters. The SMILES string of the molecule is Cc1ccc([C@H](O)[C@H](F)c2ccccc2)cc1. The molecule has 2 aromatic rings.